The molecule has 28 nitrogen and oxygen atoms in total. The molecule has 10 rings (SSSR count). The van der Waals surface area contributed by atoms with Crippen molar-refractivity contribution in [2.75, 3.05) is 72.8 Å². The van der Waals surface area contributed by atoms with Crippen LogP contribution in [-0.2, 0) is 0 Å². The highest BCUT2D eigenvalue weighted by Gasteiger charge is 2.15. The van der Waals surface area contributed by atoms with Gasteiger partial charge in [0, 0.05) is 42.9 Å². The zero-order valence-corrected chi connectivity index (χ0v) is 52.7. The summed E-state index contributed by atoms with van der Waals surface area (Å²) in [7, 11) is 1.50. The number of anilines is 5. The van der Waals surface area contributed by atoms with E-state index in [1.807, 2.05) is 117 Å². The fourth-order valence-electron chi connectivity index (χ4n) is 7.25. The smallest absolute Gasteiger partial charge is 0.280 e. The average molecular weight is 1280 g/mol. The molecule has 0 saturated heterocycles. The topological polar surface area (TPSA) is 442 Å². The molecule has 6 heterocycles. The number of para-hydroxylation sites is 1. The number of H-pyrrole nitrogens is 1. The molecule has 0 bridgehead atoms. The van der Waals surface area contributed by atoms with Gasteiger partial charge in [0.15, 0.2) is 54.8 Å². The van der Waals surface area contributed by atoms with E-state index in [2.05, 4.69) is 101 Å². The first-order chi connectivity index (χ1) is 43.4. The van der Waals surface area contributed by atoms with Crippen molar-refractivity contribution in [3.05, 3.63) is 150 Å². The number of nitrogens with two attached hydrogens (primary N) is 7. The molecule has 0 aliphatic carbocycles. The van der Waals surface area contributed by atoms with E-state index in [9.17, 15) is 4.79 Å². The molecule has 470 valence electrons. The highest BCUT2D eigenvalue weighted by atomic mass is 32.2. The van der Waals surface area contributed by atoms with Gasteiger partial charge in [-0.25, -0.2) is 39.9 Å². The molecule has 0 aliphatic heterocycles. The summed E-state index contributed by atoms with van der Waals surface area (Å²) in [5.41, 5.74) is 44.2. The fraction of sp³-hybridized carbons (Fsp3) is 0.237. The van der Waals surface area contributed by atoms with Crippen LogP contribution < -0.4 is 75.3 Å². The van der Waals surface area contributed by atoms with Crippen molar-refractivity contribution in [3.63, 3.8) is 0 Å². The second-order valence-electron chi connectivity index (χ2n) is 18.5. The Bertz CT molecular complexity index is 3990. The lowest BCUT2D eigenvalue weighted by Crippen LogP contribution is -2.18. The van der Waals surface area contributed by atoms with Crippen LogP contribution in [0.2, 0.25) is 0 Å². The van der Waals surface area contributed by atoms with Gasteiger partial charge >= 0.3 is 0 Å². The summed E-state index contributed by atoms with van der Waals surface area (Å²) in [6.45, 7) is 12.3. The van der Waals surface area contributed by atoms with Gasteiger partial charge in [-0.1, -0.05) is 76.3 Å². The molecule has 31 heteroatoms. The number of thiocarbonyl (C=S) groups is 1. The van der Waals surface area contributed by atoms with Gasteiger partial charge in [0.1, 0.15) is 36.2 Å². The van der Waals surface area contributed by atoms with Crippen molar-refractivity contribution in [3.8, 4) is 28.9 Å². The van der Waals surface area contributed by atoms with Crippen molar-refractivity contribution >= 4 is 125 Å². The minimum absolute atomic E-state index is 0.0569. The predicted molar refractivity (Wildman–Crippen MR) is 365 cm³/mol. The number of ether oxygens (including phenoxy) is 4. The Hall–Kier alpha value is -10.4. The van der Waals surface area contributed by atoms with Crippen LogP contribution in [-0.4, -0.2) is 120 Å². The summed E-state index contributed by atoms with van der Waals surface area (Å²) in [4.78, 5) is 67.4. The van der Waals surface area contributed by atoms with Gasteiger partial charge in [-0.05, 0) is 115 Å². The summed E-state index contributed by atoms with van der Waals surface area (Å²) in [5, 5.41) is 7.35. The normalized spacial score (nSPS) is 11.3. The van der Waals surface area contributed by atoms with Gasteiger partial charge < -0.3 is 69.7 Å². The fourth-order valence-corrected chi connectivity index (χ4v) is 8.30. The van der Waals surface area contributed by atoms with Crippen LogP contribution in [0.1, 0.15) is 46.2 Å². The number of methoxy groups -OCH3 is 1. The number of fused-ring (bicyclic) bond motifs is 3. The van der Waals surface area contributed by atoms with E-state index >= 15 is 0 Å². The third-order valence-corrected chi connectivity index (χ3v) is 13.1. The third-order valence-electron chi connectivity index (χ3n) is 11.7. The number of aromatic amines is 1. The summed E-state index contributed by atoms with van der Waals surface area (Å²) >= 11 is 7.73. The van der Waals surface area contributed by atoms with Crippen LogP contribution in [0.3, 0.4) is 0 Å². The molecule has 0 spiro atoms. The Morgan fingerprint density at radius 2 is 1.14 bits per heavy atom. The Balaban J connectivity index is 0.000000184. The van der Waals surface area contributed by atoms with Crippen molar-refractivity contribution < 1.29 is 18.9 Å². The first kappa shape index (κ1) is 68.7. The van der Waals surface area contributed by atoms with Crippen LogP contribution in [0.15, 0.2) is 149 Å². The van der Waals surface area contributed by atoms with Crippen LogP contribution in [0.5, 0.6) is 28.9 Å². The molecule has 4 aromatic carbocycles. The largest absolute Gasteiger partial charge is 0.492 e. The lowest BCUT2D eigenvalue weighted by molar-refractivity contribution is 0.328. The van der Waals surface area contributed by atoms with Crippen LogP contribution in [0.25, 0.3) is 33.5 Å². The van der Waals surface area contributed by atoms with Crippen molar-refractivity contribution in [1.82, 2.24) is 59.8 Å². The number of nitrogen functional groups attached to an aromatic ring is 3. The number of nitrogens with one attached hydrogen (secondary N) is 3. The molecule has 0 amide bonds. The van der Waals surface area contributed by atoms with Gasteiger partial charge in [-0.3, -0.25) is 9.78 Å². The molecule has 10 aromatic rings. The molecular weight excluding hydrogens is 1210 g/mol. The lowest BCUT2D eigenvalue weighted by Gasteiger charge is -2.14. The van der Waals surface area contributed by atoms with Crippen LogP contribution in [0, 0.1) is 5.92 Å². The van der Waals surface area contributed by atoms with E-state index in [0.717, 1.165) is 57.3 Å². The van der Waals surface area contributed by atoms with Gasteiger partial charge in [0.05, 0.1) is 36.9 Å². The molecule has 90 heavy (non-hydrogen) atoms. The number of hydrogen-bond donors (Lipinski definition) is 10. The molecule has 17 N–H and O–H groups in total. The van der Waals surface area contributed by atoms with Gasteiger partial charge in [-0.2, -0.15) is 24.9 Å². The Labute approximate surface area is 532 Å². The number of benzene rings is 4. The van der Waals surface area contributed by atoms with E-state index in [1.165, 1.54) is 36.8 Å². The quantitative estimate of drug-likeness (QED) is 0.0168. The second-order valence-corrected chi connectivity index (χ2v) is 21.5. The lowest BCUT2D eigenvalue weighted by atomic mass is 9.95. The molecule has 0 unspecified atom stereocenters. The molecule has 6 aromatic heterocycles. The number of nitrogens with zero attached hydrogens (tertiary/aromatic N) is 13. The predicted octanol–water partition coefficient (Wildman–Crippen LogP) is 8.12. The summed E-state index contributed by atoms with van der Waals surface area (Å²) in [6, 6.07) is 32.0. The molecule has 0 radical (unpaired) electrons. The summed E-state index contributed by atoms with van der Waals surface area (Å²) in [5.74, 6) is 6.81. The number of aliphatic imine (C=N–C) groups is 2. The highest BCUT2D eigenvalue weighted by Crippen LogP contribution is 2.26. The Kier molecular flexibility index (Phi) is 27.5. The highest BCUT2D eigenvalue weighted by molar-refractivity contribution is 8.14. The molecule has 0 aliphatic rings. The van der Waals surface area contributed by atoms with E-state index in [1.54, 1.807) is 24.8 Å². The van der Waals surface area contributed by atoms with Crippen molar-refractivity contribution in [2.45, 2.75) is 40.5 Å². The third kappa shape index (κ3) is 22.7. The number of aromatic nitrogens is 12. The van der Waals surface area contributed by atoms with Gasteiger partial charge in [-0.15, -0.1) is 0 Å². The monoisotopic (exact) mass is 1280 g/mol. The van der Waals surface area contributed by atoms with E-state index < -0.39 is 0 Å². The van der Waals surface area contributed by atoms with Crippen molar-refractivity contribution in [1.29, 1.82) is 0 Å². The molecule has 0 saturated carbocycles. The minimum atomic E-state index is -0.349. The molecular formula is C59H71N23O5S3. The molecule has 1 atom stereocenters. The van der Waals surface area contributed by atoms with Gasteiger partial charge in [0.2, 0.25) is 23.7 Å². The van der Waals surface area contributed by atoms with E-state index in [0.29, 0.717) is 76.6 Å². The maximum atomic E-state index is 11.7. The Morgan fingerprint density at radius 1 is 0.622 bits per heavy atom. The number of rotatable bonds is 18. The van der Waals surface area contributed by atoms with Crippen LogP contribution in [0.4, 0.5) is 40.7 Å². The van der Waals surface area contributed by atoms with Crippen molar-refractivity contribution in [2.24, 2.45) is 38.8 Å². The van der Waals surface area contributed by atoms with E-state index in [-0.39, 0.29) is 45.6 Å². The van der Waals surface area contributed by atoms with Crippen LogP contribution >= 0.6 is 35.7 Å². The van der Waals surface area contributed by atoms with E-state index in [4.69, 9.17) is 71.3 Å². The number of amidine groups is 2. The zero-order valence-electron chi connectivity index (χ0n) is 50.2. The SMILES string of the molecule is CC(C)[C@H](C)c1cnc2nc(N)[nH]c(=O)c2n1.CCSC(N)=Nc1ccc(OCCNc2nc(N)nc3nccnc23)cc1.CCSC(N)=Nc1ccc(Oc2ccccc2)cc1.COc1nc(N)nc2nccnc12.NCCOc1ccc(NC(N)=S)cc1. The number of hydrogen-bond acceptors (Lipinski definition) is 26. The summed E-state index contributed by atoms with van der Waals surface area (Å²) in [6.07, 6.45) is 7.88. The standard InChI is InChI=1S/C17H20N8OS.C15H16N2OS.C11H15N5O.C9H13N3OS.C7H7N5O/c1-2-27-17(19)23-11-3-5-12(6-4-11)26-10-9-22-15-13-14(21-8-7-20-13)24-16(18)25-15;1-2-19-15(16)17-12-8-10-14(11-9-12)18-13-6-4-3-5-7-13;1-5(2)6(3)7-4-13-9-8(14-7)10(17)16-11(12)15-9;10-5-6-13-8-3-1-7(2-4-8)12-9(11)14;1-13-6-4-5(10-3-2-9-4)11-7(8)12-6/h3-8H,2,9-10H2,1H3,(H2,19,23)(H3,18,21,22,24,25);3-11H,2H2,1H3,(H2,16,17);4-6H,1-3H3,(H3,12,13,15,16,17);1-4H,5-6,10H2,(H3,11,12,14);2-3H,1H3,(H2,8,10,11,12)/t;;6-;;/m..0../s1. The van der Waals surface area contributed by atoms with Gasteiger partial charge in [0.25, 0.3) is 5.56 Å². The Morgan fingerprint density at radius 3 is 1.71 bits per heavy atom. The minimum Gasteiger partial charge on any atom is -0.492 e. The first-order valence-electron chi connectivity index (χ1n) is 27.7. The first-order valence-corrected chi connectivity index (χ1v) is 30.1. The zero-order chi connectivity index (χ0) is 64.8. The summed E-state index contributed by atoms with van der Waals surface area (Å²) < 4.78 is 21.7. The molecule has 0 fully saturated rings. The maximum Gasteiger partial charge on any atom is 0.280 e. The average Bonchev–Trinajstić information content (AvgIpc) is 1.00. The second kappa shape index (κ2) is 36.1. The number of thioether (sulfide) groups is 2. The maximum absolute atomic E-state index is 11.7.